The molecular weight excluding hydrogens is 256 g/mol. The van der Waals surface area contributed by atoms with Crippen molar-refractivity contribution >= 4 is 16.9 Å². The maximum absolute atomic E-state index is 12.6. The first-order chi connectivity index (χ1) is 9.52. The minimum absolute atomic E-state index is 0.193. The highest BCUT2D eigenvalue weighted by atomic mass is 16.2. The Hall–Kier alpha value is -2.44. The van der Waals surface area contributed by atoms with Gasteiger partial charge in [0.15, 0.2) is 0 Å². The normalized spacial score (nSPS) is 11.4. The SMILES string of the molecule is CCn1nc(C)c2c1cnn2C(=O)c1cc(C)nn1C. The van der Waals surface area contributed by atoms with Gasteiger partial charge in [-0.05, 0) is 26.8 Å². The number of aromatic nitrogens is 6. The topological polar surface area (TPSA) is 70.5 Å². The van der Waals surface area contributed by atoms with Crippen molar-refractivity contribution in [1.29, 1.82) is 0 Å². The van der Waals surface area contributed by atoms with E-state index in [2.05, 4.69) is 15.3 Å². The molecule has 3 heterocycles. The monoisotopic (exact) mass is 272 g/mol. The lowest BCUT2D eigenvalue weighted by Gasteiger charge is -2.01. The Balaban J connectivity index is 2.17. The smallest absolute Gasteiger partial charge is 0.265 e. The maximum Gasteiger partial charge on any atom is 0.297 e. The molecule has 3 aromatic heterocycles. The number of nitrogens with zero attached hydrogens (tertiary/aromatic N) is 6. The largest absolute Gasteiger partial charge is 0.297 e. The third kappa shape index (κ3) is 1.66. The highest BCUT2D eigenvalue weighted by molar-refractivity contribution is 5.99. The van der Waals surface area contributed by atoms with E-state index in [9.17, 15) is 4.79 Å². The molecule has 0 amide bonds. The van der Waals surface area contributed by atoms with E-state index in [0.29, 0.717) is 5.69 Å². The van der Waals surface area contributed by atoms with Crippen LogP contribution in [0.4, 0.5) is 0 Å². The van der Waals surface area contributed by atoms with Crippen LogP contribution in [0.15, 0.2) is 12.3 Å². The van der Waals surface area contributed by atoms with Crippen molar-refractivity contribution in [3.05, 3.63) is 29.3 Å². The van der Waals surface area contributed by atoms with Crippen molar-refractivity contribution < 1.29 is 4.79 Å². The van der Waals surface area contributed by atoms with Gasteiger partial charge < -0.3 is 0 Å². The minimum Gasteiger partial charge on any atom is -0.265 e. The zero-order valence-corrected chi connectivity index (χ0v) is 12.0. The zero-order valence-electron chi connectivity index (χ0n) is 12.0. The molecule has 0 saturated carbocycles. The molecule has 0 spiro atoms. The molecule has 0 atom stereocenters. The van der Waals surface area contributed by atoms with E-state index in [-0.39, 0.29) is 5.91 Å². The summed E-state index contributed by atoms with van der Waals surface area (Å²) in [6.07, 6.45) is 1.68. The first kappa shape index (κ1) is 12.6. The fourth-order valence-corrected chi connectivity index (χ4v) is 2.46. The van der Waals surface area contributed by atoms with Crippen LogP contribution in [0.1, 0.15) is 28.8 Å². The summed E-state index contributed by atoms with van der Waals surface area (Å²) in [4.78, 5) is 12.6. The number of hydrogen-bond donors (Lipinski definition) is 0. The van der Waals surface area contributed by atoms with Gasteiger partial charge in [-0.15, -0.1) is 0 Å². The van der Waals surface area contributed by atoms with Crippen LogP contribution in [0.5, 0.6) is 0 Å². The van der Waals surface area contributed by atoms with Gasteiger partial charge in [0.2, 0.25) is 0 Å². The quantitative estimate of drug-likeness (QED) is 0.705. The van der Waals surface area contributed by atoms with E-state index in [4.69, 9.17) is 0 Å². The third-order valence-corrected chi connectivity index (χ3v) is 3.35. The van der Waals surface area contributed by atoms with Crippen LogP contribution in [0.2, 0.25) is 0 Å². The molecule has 3 rings (SSSR count). The molecule has 0 N–H and O–H groups in total. The van der Waals surface area contributed by atoms with Gasteiger partial charge in [0, 0.05) is 13.6 Å². The Kier molecular flexibility index (Phi) is 2.70. The van der Waals surface area contributed by atoms with E-state index < -0.39 is 0 Å². The average molecular weight is 272 g/mol. The molecule has 0 aliphatic carbocycles. The van der Waals surface area contributed by atoms with Crippen LogP contribution in [0, 0.1) is 13.8 Å². The van der Waals surface area contributed by atoms with Gasteiger partial charge in [-0.25, -0.2) is 0 Å². The molecule has 0 radical (unpaired) electrons. The molecule has 0 unspecified atom stereocenters. The summed E-state index contributed by atoms with van der Waals surface area (Å²) in [6.45, 7) is 6.49. The first-order valence-electron chi connectivity index (χ1n) is 6.49. The highest BCUT2D eigenvalue weighted by Gasteiger charge is 2.21. The number of rotatable bonds is 2. The van der Waals surface area contributed by atoms with Gasteiger partial charge in [-0.2, -0.15) is 20.0 Å². The Bertz CT molecular complexity index is 806. The second-order valence-electron chi connectivity index (χ2n) is 4.79. The number of hydrogen-bond acceptors (Lipinski definition) is 4. The van der Waals surface area contributed by atoms with E-state index in [1.54, 1.807) is 24.0 Å². The zero-order chi connectivity index (χ0) is 14.4. The van der Waals surface area contributed by atoms with Crippen LogP contribution in [-0.4, -0.2) is 35.2 Å². The standard InChI is InChI=1S/C13H16N6O/c1-5-18-11-7-14-19(12(11)9(3)16-18)13(20)10-6-8(2)15-17(10)4/h6-7H,5H2,1-4H3. The van der Waals surface area contributed by atoms with Crippen LogP contribution in [-0.2, 0) is 13.6 Å². The van der Waals surface area contributed by atoms with Crippen LogP contribution >= 0.6 is 0 Å². The molecule has 20 heavy (non-hydrogen) atoms. The van der Waals surface area contributed by atoms with Crippen molar-refractivity contribution in [3.8, 4) is 0 Å². The molecule has 104 valence electrons. The van der Waals surface area contributed by atoms with Crippen LogP contribution in [0.3, 0.4) is 0 Å². The number of carbonyl (C=O) groups excluding carboxylic acids is 1. The van der Waals surface area contributed by atoms with Crippen LogP contribution < -0.4 is 0 Å². The van der Waals surface area contributed by atoms with E-state index in [0.717, 1.165) is 29.0 Å². The van der Waals surface area contributed by atoms with Crippen molar-refractivity contribution in [2.45, 2.75) is 27.3 Å². The second-order valence-corrected chi connectivity index (χ2v) is 4.79. The molecule has 7 nitrogen and oxygen atoms in total. The summed E-state index contributed by atoms with van der Waals surface area (Å²) in [5.74, 6) is -0.193. The number of aryl methyl sites for hydroxylation is 4. The Morgan fingerprint density at radius 1 is 1.30 bits per heavy atom. The maximum atomic E-state index is 12.6. The van der Waals surface area contributed by atoms with Crippen molar-refractivity contribution in [2.24, 2.45) is 7.05 Å². The Morgan fingerprint density at radius 2 is 2.05 bits per heavy atom. The van der Waals surface area contributed by atoms with Gasteiger partial charge >= 0.3 is 0 Å². The van der Waals surface area contributed by atoms with E-state index in [1.165, 1.54) is 4.68 Å². The molecule has 0 bridgehead atoms. The van der Waals surface area contributed by atoms with Gasteiger partial charge in [-0.3, -0.25) is 14.2 Å². The Morgan fingerprint density at radius 3 is 2.65 bits per heavy atom. The lowest BCUT2D eigenvalue weighted by molar-refractivity contribution is 0.0941. The molecule has 0 fully saturated rings. The summed E-state index contributed by atoms with van der Waals surface area (Å²) in [7, 11) is 1.75. The van der Waals surface area contributed by atoms with Crippen molar-refractivity contribution in [3.63, 3.8) is 0 Å². The summed E-state index contributed by atoms with van der Waals surface area (Å²) >= 11 is 0. The molecule has 0 aliphatic rings. The molecule has 0 saturated heterocycles. The highest BCUT2D eigenvalue weighted by Crippen LogP contribution is 2.19. The van der Waals surface area contributed by atoms with Gasteiger partial charge in [0.1, 0.15) is 16.7 Å². The molecule has 0 aromatic carbocycles. The second kappa shape index (κ2) is 4.29. The average Bonchev–Trinajstić information content (AvgIpc) is 3.05. The Labute approximate surface area is 115 Å². The first-order valence-corrected chi connectivity index (χ1v) is 6.49. The van der Waals surface area contributed by atoms with Crippen molar-refractivity contribution in [2.75, 3.05) is 0 Å². The number of carbonyl (C=O) groups is 1. The summed E-state index contributed by atoms with van der Waals surface area (Å²) < 4.78 is 4.82. The van der Waals surface area contributed by atoms with Gasteiger partial charge in [0.25, 0.3) is 5.91 Å². The molecular formula is C13H16N6O. The van der Waals surface area contributed by atoms with Gasteiger partial charge in [-0.1, -0.05) is 0 Å². The van der Waals surface area contributed by atoms with E-state index >= 15 is 0 Å². The fraction of sp³-hybridized carbons (Fsp3) is 0.385. The van der Waals surface area contributed by atoms with Crippen LogP contribution in [0.25, 0.3) is 11.0 Å². The fourth-order valence-electron chi connectivity index (χ4n) is 2.46. The summed E-state index contributed by atoms with van der Waals surface area (Å²) in [6, 6.07) is 1.76. The third-order valence-electron chi connectivity index (χ3n) is 3.35. The molecule has 7 heteroatoms. The van der Waals surface area contributed by atoms with Gasteiger partial charge in [0.05, 0.1) is 17.6 Å². The number of fused-ring (bicyclic) bond motifs is 1. The summed E-state index contributed by atoms with van der Waals surface area (Å²) in [5.41, 5.74) is 3.75. The van der Waals surface area contributed by atoms with Crippen molar-refractivity contribution in [1.82, 2.24) is 29.3 Å². The minimum atomic E-state index is -0.193. The molecule has 0 aliphatic heterocycles. The van der Waals surface area contributed by atoms with E-state index in [1.807, 2.05) is 25.5 Å². The lowest BCUT2D eigenvalue weighted by Crippen LogP contribution is -2.17. The predicted octanol–water partition coefficient (Wildman–Crippen LogP) is 1.29. The predicted molar refractivity (Wildman–Crippen MR) is 73.6 cm³/mol. The lowest BCUT2D eigenvalue weighted by atomic mass is 10.3. The summed E-state index contributed by atoms with van der Waals surface area (Å²) in [5, 5.41) is 12.8. The molecule has 3 aromatic rings.